The van der Waals surface area contributed by atoms with Gasteiger partial charge >= 0.3 is 0 Å². The number of nitrogens with one attached hydrogen (secondary N) is 1. The average Bonchev–Trinajstić information content (AvgIpc) is 2.38. The molecule has 1 atom stereocenters. The van der Waals surface area contributed by atoms with Gasteiger partial charge in [0.05, 0.1) is 0 Å². The van der Waals surface area contributed by atoms with Gasteiger partial charge in [0.1, 0.15) is 0 Å². The second kappa shape index (κ2) is 7.95. The first-order chi connectivity index (χ1) is 8.69. The molecule has 1 N–H and O–H groups in total. The van der Waals surface area contributed by atoms with Gasteiger partial charge in [-0.3, -0.25) is 0 Å². The van der Waals surface area contributed by atoms with E-state index in [0.29, 0.717) is 12.0 Å². The Balaban J connectivity index is 2.73. The molecule has 0 saturated heterocycles. The van der Waals surface area contributed by atoms with Crippen molar-refractivity contribution >= 4 is 0 Å². The summed E-state index contributed by atoms with van der Waals surface area (Å²) in [6.45, 7) is 9.51. The third-order valence-corrected chi connectivity index (χ3v) is 3.19. The van der Waals surface area contributed by atoms with Crippen molar-refractivity contribution in [3.8, 4) is 11.8 Å². The molecule has 0 fully saturated rings. The highest BCUT2D eigenvalue weighted by molar-refractivity contribution is 5.27. The SMILES string of the molecule is CC#CCCC(NCC)c1ccc(C(C)C)cc1. The van der Waals surface area contributed by atoms with E-state index in [-0.39, 0.29) is 0 Å². The zero-order valence-corrected chi connectivity index (χ0v) is 12.1. The normalized spacial score (nSPS) is 12.1. The molecule has 0 heterocycles. The van der Waals surface area contributed by atoms with Gasteiger partial charge in [-0.1, -0.05) is 45.0 Å². The van der Waals surface area contributed by atoms with Crippen molar-refractivity contribution in [2.75, 3.05) is 6.54 Å². The second-order valence-electron chi connectivity index (χ2n) is 4.90. The summed E-state index contributed by atoms with van der Waals surface area (Å²) >= 11 is 0. The van der Waals surface area contributed by atoms with Crippen LogP contribution in [0.2, 0.25) is 0 Å². The van der Waals surface area contributed by atoms with Crippen LogP contribution in [0, 0.1) is 11.8 Å². The molecule has 1 rings (SSSR count). The van der Waals surface area contributed by atoms with E-state index in [0.717, 1.165) is 19.4 Å². The lowest BCUT2D eigenvalue weighted by atomic mass is 9.97. The smallest absolute Gasteiger partial charge is 0.0329 e. The monoisotopic (exact) mass is 243 g/mol. The lowest BCUT2D eigenvalue weighted by Crippen LogP contribution is -2.20. The Labute approximate surface area is 112 Å². The molecule has 0 amide bonds. The predicted molar refractivity (Wildman–Crippen MR) is 79.6 cm³/mol. The summed E-state index contributed by atoms with van der Waals surface area (Å²) in [6.07, 6.45) is 2.04. The maximum absolute atomic E-state index is 3.54. The maximum atomic E-state index is 3.54. The molecule has 1 unspecified atom stereocenters. The third kappa shape index (κ3) is 4.55. The fourth-order valence-electron chi connectivity index (χ4n) is 2.09. The fourth-order valence-corrected chi connectivity index (χ4v) is 2.09. The van der Waals surface area contributed by atoms with Crippen LogP contribution in [0.25, 0.3) is 0 Å². The summed E-state index contributed by atoms with van der Waals surface area (Å²) in [5.41, 5.74) is 2.78. The number of hydrogen-bond donors (Lipinski definition) is 1. The van der Waals surface area contributed by atoms with Gasteiger partial charge < -0.3 is 5.32 Å². The van der Waals surface area contributed by atoms with Gasteiger partial charge in [0.25, 0.3) is 0 Å². The van der Waals surface area contributed by atoms with E-state index in [4.69, 9.17) is 0 Å². The Bertz CT molecular complexity index is 392. The topological polar surface area (TPSA) is 12.0 Å². The van der Waals surface area contributed by atoms with Gasteiger partial charge in [0.15, 0.2) is 0 Å². The molecule has 98 valence electrons. The highest BCUT2D eigenvalue weighted by Gasteiger charge is 2.09. The molecule has 0 saturated carbocycles. The summed E-state index contributed by atoms with van der Waals surface area (Å²) < 4.78 is 0. The van der Waals surface area contributed by atoms with Gasteiger partial charge in [-0.05, 0) is 36.9 Å². The minimum atomic E-state index is 0.428. The lowest BCUT2D eigenvalue weighted by molar-refractivity contribution is 0.522. The van der Waals surface area contributed by atoms with Crippen molar-refractivity contribution in [2.24, 2.45) is 0 Å². The van der Waals surface area contributed by atoms with Crippen molar-refractivity contribution in [3.63, 3.8) is 0 Å². The van der Waals surface area contributed by atoms with Crippen molar-refractivity contribution in [3.05, 3.63) is 35.4 Å². The van der Waals surface area contributed by atoms with Crippen molar-refractivity contribution in [1.82, 2.24) is 5.32 Å². The lowest BCUT2D eigenvalue weighted by Gasteiger charge is -2.18. The number of rotatable bonds is 6. The Morgan fingerprint density at radius 2 is 1.72 bits per heavy atom. The van der Waals surface area contributed by atoms with Crippen LogP contribution >= 0.6 is 0 Å². The standard InChI is InChI=1S/C17H25N/c1-5-7-8-9-17(18-6-2)16-12-10-15(11-13-16)14(3)4/h10-14,17-18H,6,8-9H2,1-4H3. The van der Waals surface area contributed by atoms with Gasteiger partial charge in [-0.25, -0.2) is 0 Å². The Hall–Kier alpha value is -1.26. The summed E-state index contributed by atoms with van der Waals surface area (Å²) in [5, 5.41) is 3.54. The zero-order valence-electron chi connectivity index (χ0n) is 12.1. The first-order valence-electron chi connectivity index (χ1n) is 6.91. The van der Waals surface area contributed by atoms with E-state index in [1.54, 1.807) is 0 Å². The highest BCUT2D eigenvalue weighted by atomic mass is 14.9. The molecule has 0 aromatic heterocycles. The van der Waals surface area contributed by atoms with Crippen molar-refractivity contribution in [1.29, 1.82) is 0 Å². The predicted octanol–water partition coefficient (Wildman–Crippen LogP) is 4.26. The number of benzene rings is 1. The first kappa shape index (κ1) is 14.8. The summed E-state index contributed by atoms with van der Waals surface area (Å²) in [7, 11) is 0. The van der Waals surface area contributed by atoms with Crippen molar-refractivity contribution < 1.29 is 0 Å². The molecule has 0 aliphatic heterocycles. The number of hydrogen-bond acceptors (Lipinski definition) is 1. The first-order valence-corrected chi connectivity index (χ1v) is 6.91. The molecule has 1 aromatic carbocycles. The zero-order chi connectivity index (χ0) is 13.4. The summed E-state index contributed by atoms with van der Waals surface area (Å²) in [4.78, 5) is 0. The van der Waals surface area contributed by atoms with Crippen molar-refractivity contribution in [2.45, 2.75) is 52.5 Å². The molecule has 0 spiro atoms. The van der Waals surface area contributed by atoms with E-state index >= 15 is 0 Å². The minimum absolute atomic E-state index is 0.428. The molecule has 1 heteroatoms. The van der Waals surface area contributed by atoms with Gasteiger partial charge in [0, 0.05) is 12.5 Å². The van der Waals surface area contributed by atoms with E-state index in [1.165, 1.54) is 11.1 Å². The molecule has 0 aliphatic carbocycles. The Morgan fingerprint density at radius 3 is 2.22 bits per heavy atom. The molecule has 1 nitrogen and oxygen atoms in total. The van der Waals surface area contributed by atoms with Crippen LogP contribution in [-0.4, -0.2) is 6.54 Å². The molecule has 0 radical (unpaired) electrons. The summed E-state index contributed by atoms with van der Waals surface area (Å²) in [5.74, 6) is 6.71. The van der Waals surface area contributed by atoms with Crippen LogP contribution < -0.4 is 5.32 Å². The fraction of sp³-hybridized carbons (Fsp3) is 0.529. The minimum Gasteiger partial charge on any atom is -0.310 e. The van der Waals surface area contributed by atoms with Gasteiger partial charge in [0.2, 0.25) is 0 Å². The maximum Gasteiger partial charge on any atom is 0.0329 e. The van der Waals surface area contributed by atoms with E-state index in [2.05, 4.69) is 62.2 Å². The van der Waals surface area contributed by atoms with Crippen LogP contribution in [0.3, 0.4) is 0 Å². The Kier molecular flexibility index (Phi) is 6.54. The molecule has 18 heavy (non-hydrogen) atoms. The van der Waals surface area contributed by atoms with Crippen LogP contribution in [0.1, 0.15) is 63.6 Å². The third-order valence-electron chi connectivity index (χ3n) is 3.19. The molecular weight excluding hydrogens is 218 g/mol. The van der Waals surface area contributed by atoms with Crippen LogP contribution in [-0.2, 0) is 0 Å². The average molecular weight is 243 g/mol. The van der Waals surface area contributed by atoms with E-state index < -0.39 is 0 Å². The molecule has 1 aromatic rings. The van der Waals surface area contributed by atoms with Crippen LogP contribution in [0.4, 0.5) is 0 Å². The quantitative estimate of drug-likeness (QED) is 0.736. The van der Waals surface area contributed by atoms with Gasteiger partial charge in [-0.15, -0.1) is 11.8 Å². The highest BCUT2D eigenvalue weighted by Crippen LogP contribution is 2.21. The van der Waals surface area contributed by atoms with Crippen LogP contribution in [0.5, 0.6) is 0 Å². The summed E-state index contributed by atoms with van der Waals surface area (Å²) in [6, 6.07) is 9.42. The second-order valence-corrected chi connectivity index (χ2v) is 4.90. The van der Waals surface area contributed by atoms with E-state index in [1.807, 2.05) is 6.92 Å². The molecule has 0 aliphatic rings. The van der Waals surface area contributed by atoms with Gasteiger partial charge in [-0.2, -0.15) is 0 Å². The molecular formula is C17H25N. The molecule has 0 bridgehead atoms. The van der Waals surface area contributed by atoms with E-state index in [9.17, 15) is 0 Å². The van der Waals surface area contributed by atoms with Crippen LogP contribution in [0.15, 0.2) is 24.3 Å². The largest absolute Gasteiger partial charge is 0.310 e. The Morgan fingerprint density at radius 1 is 1.11 bits per heavy atom.